The van der Waals surface area contributed by atoms with Crippen LogP contribution in [0.15, 0.2) is 24.3 Å². The van der Waals surface area contributed by atoms with Gasteiger partial charge in [-0.15, -0.1) is 0 Å². The highest BCUT2D eigenvalue weighted by molar-refractivity contribution is 14.1. The first-order valence-electron chi connectivity index (χ1n) is 5.30. The molecule has 2 rings (SSSR count). The van der Waals surface area contributed by atoms with Crippen molar-refractivity contribution in [2.45, 2.75) is 24.8 Å². The van der Waals surface area contributed by atoms with Crippen LogP contribution in [0, 0.1) is 3.57 Å². The Bertz CT molecular complexity index is 398. The molecule has 4 heteroatoms. The third kappa shape index (κ3) is 2.42. The summed E-state index contributed by atoms with van der Waals surface area (Å²) < 4.78 is 1.00. The van der Waals surface area contributed by atoms with E-state index in [2.05, 4.69) is 43.8 Å². The van der Waals surface area contributed by atoms with Crippen LogP contribution in [-0.2, 0) is 0 Å². The number of halogens is 2. The molecule has 0 spiro atoms. The molecule has 16 heavy (non-hydrogen) atoms. The second-order valence-electron chi connectivity index (χ2n) is 4.20. The maximum Gasteiger partial charge on any atom is 0.252 e. The number of benzene rings is 1. The molecule has 1 aromatic carbocycles. The molecular weight excluding hydrogens is 381 g/mol. The van der Waals surface area contributed by atoms with E-state index in [-0.39, 0.29) is 11.4 Å². The molecule has 1 N–H and O–H groups in total. The lowest BCUT2D eigenvalue weighted by atomic mass is 9.78. The number of amides is 1. The Hall–Kier alpha value is -0.100. The van der Waals surface area contributed by atoms with E-state index in [9.17, 15) is 4.79 Å². The average molecular weight is 394 g/mol. The molecule has 1 fully saturated rings. The van der Waals surface area contributed by atoms with Gasteiger partial charge in [0.1, 0.15) is 0 Å². The van der Waals surface area contributed by atoms with Crippen molar-refractivity contribution >= 4 is 44.4 Å². The zero-order chi connectivity index (χ0) is 11.6. The number of carbonyl (C=O) groups excluding carboxylic acids is 1. The molecule has 0 bridgehead atoms. The normalized spacial score (nSPS) is 17.6. The van der Waals surface area contributed by atoms with E-state index >= 15 is 0 Å². The molecule has 86 valence electrons. The van der Waals surface area contributed by atoms with Gasteiger partial charge in [0.05, 0.1) is 11.1 Å². The van der Waals surface area contributed by atoms with Gasteiger partial charge in [-0.3, -0.25) is 4.79 Å². The monoisotopic (exact) mass is 393 g/mol. The first kappa shape index (κ1) is 12.4. The Morgan fingerprint density at radius 1 is 1.44 bits per heavy atom. The maximum atomic E-state index is 12.1. The minimum absolute atomic E-state index is 0.00396. The van der Waals surface area contributed by atoms with Crippen LogP contribution in [0.5, 0.6) is 0 Å². The number of rotatable bonds is 3. The average Bonchev–Trinajstić information content (AvgIpc) is 2.24. The van der Waals surface area contributed by atoms with Crippen molar-refractivity contribution < 1.29 is 4.79 Å². The smallest absolute Gasteiger partial charge is 0.252 e. The van der Waals surface area contributed by atoms with Crippen molar-refractivity contribution in [1.82, 2.24) is 5.32 Å². The van der Waals surface area contributed by atoms with Crippen LogP contribution in [0.4, 0.5) is 0 Å². The molecule has 1 aromatic rings. The van der Waals surface area contributed by atoms with Crippen LogP contribution < -0.4 is 5.32 Å². The first-order chi connectivity index (χ1) is 7.67. The second kappa shape index (κ2) is 5.04. The SMILES string of the molecule is O=C(NC1(CBr)CCC1)c1ccccc1I. The summed E-state index contributed by atoms with van der Waals surface area (Å²) in [6.45, 7) is 0. The predicted molar refractivity (Wildman–Crippen MR) is 77.0 cm³/mol. The van der Waals surface area contributed by atoms with Crippen molar-refractivity contribution in [3.8, 4) is 0 Å². The van der Waals surface area contributed by atoms with Gasteiger partial charge in [0.15, 0.2) is 0 Å². The van der Waals surface area contributed by atoms with E-state index in [0.717, 1.165) is 27.3 Å². The van der Waals surface area contributed by atoms with Gasteiger partial charge in [0.25, 0.3) is 5.91 Å². The van der Waals surface area contributed by atoms with E-state index in [1.807, 2.05) is 24.3 Å². The second-order valence-corrected chi connectivity index (χ2v) is 5.92. The maximum absolute atomic E-state index is 12.1. The summed E-state index contributed by atoms with van der Waals surface area (Å²) in [6, 6.07) is 7.68. The van der Waals surface area contributed by atoms with Gasteiger partial charge in [0, 0.05) is 8.90 Å². The van der Waals surface area contributed by atoms with Crippen LogP contribution in [-0.4, -0.2) is 16.8 Å². The molecule has 1 aliphatic rings. The van der Waals surface area contributed by atoms with Gasteiger partial charge in [-0.05, 0) is 54.0 Å². The topological polar surface area (TPSA) is 29.1 Å². The lowest BCUT2D eigenvalue weighted by Gasteiger charge is -2.41. The largest absolute Gasteiger partial charge is 0.346 e. The fourth-order valence-electron chi connectivity index (χ4n) is 1.85. The minimum atomic E-state index is -0.00396. The van der Waals surface area contributed by atoms with Crippen LogP contribution in [0.1, 0.15) is 29.6 Å². The Morgan fingerprint density at radius 2 is 2.12 bits per heavy atom. The number of alkyl halides is 1. The third-order valence-corrected chi connectivity index (χ3v) is 5.08. The summed E-state index contributed by atoms with van der Waals surface area (Å²) in [5, 5.41) is 3.99. The summed E-state index contributed by atoms with van der Waals surface area (Å²) in [6.07, 6.45) is 3.36. The van der Waals surface area contributed by atoms with Crippen molar-refractivity contribution in [3.05, 3.63) is 33.4 Å². The predicted octanol–water partition coefficient (Wildman–Crippen LogP) is 3.34. The number of carbonyl (C=O) groups is 1. The standard InChI is InChI=1S/C12H13BrINO/c13-8-12(6-3-7-12)15-11(16)9-4-1-2-5-10(9)14/h1-2,4-5H,3,6-8H2,(H,15,16). The fraction of sp³-hybridized carbons (Fsp3) is 0.417. The highest BCUT2D eigenvalue weighted by Crippen LogP contribution is 2.33. The highest BCUT2D eigenvalue weighted by Gasteiger charge is 2.37. The summed E-state index contributed by atoms with van der Waals surface area (Å²) in [7, 11) is 0. The third-order valence-electron chi connectivity index (χ3n) is 3.06. The molecule has 0 atom stereocenters. The number of nitrogens with one attached hydrogen (secondary N) is 1. The van der Waals surface area contributed by atoms with Crippen molar-refractivity contribution in [1.29, 1.82) is 0 Å². The lowest BCUT2D eigenvalue weighted by molar-refractivity contribution is 0.0855. The highest BCUT2D eigenvalue weighted by atomic mass is 127. The summed E-state index contributed by atoms with van der Waals surface area (Å²) >= 11 is 5.68. The molecule has 0 aliphatic heterocycles. The molecule has 0 radical (unpaired) electrons. The summed E-state index contributed by atoms with van der Waals surface area (Å²) in [5.74, 6) is 0.0455. The number of hydrogen-bond donors (Lipinski definition) is 1. The van der Waals surface area contributed by atoms with Gasteiger partial charge in [-0.1, -0.05) is 28.1 Å². The van der Waals surface area contributed by atoms with Gasteiger partial charge in [0.2, 0.25) is 0 Å². The van der Waals surface area contributed by atoms with Crippen molar-refractivity contribution in [2.75, 3.05) is 5.33 Å². The van der Waals surface area contributed by atoms with Crippen molar-refractivity contribution in [3.63, 3.8) is 0 Å². The van der Waals surface area contributed by atoms with E-state index in [0.29, 0.717) is 0 Å². The molecule has 0 aromatic heterocycles. The molecule has 1 saturated carbocycles. The Kier molecular flexibility index (Phi) is 3.89. The Labute approximate surface area is 117 Å². The van der Waals surface area contributed by atoms with Crippen LogP contribution >= 0.6 is 38.5 Å². The summed E-state index contributed by atoms with van der Waals surface area (Å²) in [5.41, 5.74) is 0.769. The molecule has 0 heterocycles. The zero-order valence-electron chi connectivity index (χ0n) is 8.80. The molecule has 1 amide bonds. The molecule has 0 unspecified atom stereocenters. The zero-order valence-corrected chi connectivity index (χ0v) is 12.5. The van der Waals surface area contributed by atoms with E-state index in [4.69, 9.17) is 0 Å². The van der Waals surface area contributed by atoms with Gasteiger partial charge in [-0.25, -0.2) is 0 Å². The van der Waals surface area contributed by atoms with Gasteiger partial charge in [-0.2, -0.15) is 0 Å². The fourth-order valence-corrected chi connectivity index (χ4v) is 3.18. The van der Waals surface area contributed by atoms with E-state index < -0.39 is 0 Å². The lowest BCUT2D eigenvalue weighted by Crippen LogP contribution is -2.55. The van der Waals surface area contributed by atoms with Crippen LogP contribution in [0.25, 0.3) is 0 Å². The van der Waals surface area contributed by atoms with Gasteiger partial charge >= 0.3 is 0 Å². The van der Waals surface area contributed by atoms with Gasteiger partial charge < -0.3 is 5.32 Å². The Morgan fingerprint density at radius 3 is 2.62 bits per heavy atom. The van der Waals surface area contributed by atoms with E-state index in [1.54, 1.807) is 0 Å². The minimum Gasteiger partial charge on any atom is -0.346 e. The molecule has 1 aliphatic carbocycles. The first-order valence-corrected chi connectivity index (χ1v) is 7.50. The number of hydrogen-bond acceptors (Lipinski definition) is 1. The van der Waals surface area contributed by atoms with Crippen molar-refractivity contribution in [2.24, 2.45) is 0 Å². The van der Waals surface area contributed by atoms with Crippen LogP contribution in [0.3, 0.4) is 0 Å². The molecular formula is C12H13BrINO. The Balaban J connectivity index is 2.11. The quantitative estimate of drug-likeness (QED) is 0.619. The summed E-state index contributed by atoms with van der Waals surface area (Å²) in [4.78, 5) is 12.1. The molecule has 2 nitrogen and oxygen atoms in total. The molecule has 0 saturated heterocycles. The van der Waals surface area contributed by atoms with Crippen LogP contribution in [0.2, 0.25) is 0 Å². The van der Waals surface area contributed by atoms with E-state index in [1.165, 1.54) is 6.42 Å².